The van der Waals surface area contributed by atoms with E-state index in [1.807, 2.05) is 13.1 Å². The number of amides is 13. The molecule has 714 valence electrons. The number of aromatic nitrogens is 4. The molecule has 5 aliphatic rings. The first-order valence-corrected chi connectivity index (χ1v) is 44.4. The lowest BCUT2D eigenvalue weighted by molar-refractivity contribution is -0.163. The summed E-state index contributed by atoms with van der Waals surface area (Å²) in [5.41, 5.74) is 14.0. The summed E-state index contributed by atoms with van der Waals surface area (Å²) in [4.78, 5) is 235. The molecular weight excluding hydrogens is 1700 g/mol. The number of carboxylic acid groups (broad SMARTS) is 1. The Morgan fingerprint density at radius 3 is 2.00 bits per heavy atom. The number of fused-ring (bicyclic) bond motifs is 5. The summed E-state index contributed by atoms with van der Waals surface area (Å²) in [7, 11) is 0. The van der Waals surface area contributed by atoms with Crippen LogP contribution in [-0.2, 0) is 120 Å². The van der Waals surface area contributed by atoms with Gasteiger partial charge in [0, 0.05) is 106 Å². The molecule has 8 rings (SSSR count). The fourth-order valence-electron chi connectivity index (χ4n) is 15.3. The molecule has 0 saturated carbocycles. The maximum atomic E-state index is 14.4. The van der Waals surface area contributed by atoms with E-state index in [2.05, 4.69) is 74.1 Å². The molecule has 44 nitrogen and oxygen atoms in total. The number of carbonyl (C=O) groups is 17. The van der Waals surface area contributed by atoms with Gasteiger partial charge in [0.05, 0.1) is 61.5 Å². The van der Waals surface area contributed by atoms with Gasteiger partial charge in [0.15, 0.2) is 11.4 Å². The first kappa shape index (κ1) is 103. The number of carboxylic acids is 1. The predicted octanol–water partition coefficient (Wildman–Crippen LogP) is -2.58. The van der Waals surface area contributed by atoms with Gasteiger partial charge >= 0.3 is 17.9 Å². The number of ether oxygens (including phenoxy) is 5. The van der Waals surface area contributed by atoms with E-state index in [1.54, 1.807) is 49.7 Å². The molecule has 2 saturated heterocycles. The smallest absolute Gasteiger partial charge is 0.343 e. The zero-order chi connectivity index (χ0) is 94.9. The molecule has 130 heavy (non-hydrogen) atoms. The summed E-state index contributed by atoms with van der Waals surface area (Å²) >= 11 is 0. The number of cyclic esters (lactones) is 1. The fourth-order valence-corrected chi connectivity index (χ4v) is 15.3. The minimum absolute atomic E-state index is 0.0137. The van der Waals surface area contributed by atoms with Gasteiger partial charge in [-0.1, -0.05) is 32.9 Å². The molecule has 44 heteroatoms. The van der Waals surface area contributed by atoms with Gasteiger partial charge < -0.3 is 119 Å². The number of unbranched alkanes of at least 4 members (excludes halogenated alkanes) is 2. The van der Waals surface area contributed by atoms with Crippen molar-refractivity contribution >= 4 is 123 Å². The van der Waals surface area contributed by atoms with E-state index in [-0.39, 0.29) is 139 Å². The third kappa shape index (κ3) is 30.3. The summed E-state index contributed by atoms with van der Waals surface area (Å²) < 4.78 is 29.5. The number of aryl methyl sites for hydroxylation is 3. The van der Waals surface area contributed by atoms with E-state index in [0.29, 0.717) is 106 Å². The van der Waals surface area contributed by atoms with E-state index < -0.39 is 193 Å². The van der Waals surface area contributed by atoms with Gasteiger partial charge in [-0.25, -0.2) is 9.78 Å². The third-order valence-electron chi connectivity index (χ3n) is 22.5. The molecule has 3 aromatic rings. The second-order valence-electron chi connectivity index (χ2n) is 33.1. The zero-order valence-corrected chi connectivity index (χ0v) is 74.6. The summed E-state index contributed by atoms with van der Waals surface area (Å²) in [6.07, 6.45) is 3.91. The van der Waals surface area contributed by atoms with Gasteiger partial charge in [-0.05, 0) is 159 Å². The Kier molecular flexibility index (Phi) is 40.4. The number of nitrogens with one attached hydrogen (secondary N) is 12. The highest BCUT2D eigenvalue weighted by Gasteiger charge is 2.51. The zero-order valence-electron chi connectivity index (χ0n) is 74.6. The normalized spacial score (nSPS) is 23.0. The lowest BCUT2D eigenvalue weighted by Crippen LogP contribution is -2.61. The minimum Gasteiger partial charge on any atom is -0.481 e. The first-order chi connectivity index (χ1) is 62.0. The topological polar surface area (TPSA) is 640 Å². The summed E-state index contributed by atoms with van der Waals surface area (Å²) in [6, 6.07) is -9.56. The quantitative estimate of drug-likeness (QED) is 0.0158. The van der Waals surface area contributed by atoms with Gasteiger partial charge in [-0.15, -0.1) is 5.10 Å². The molecule has 2 aromatic heterocycles. The Hall–Kier alpha value is -12.0. The fraction of sp³-hybridized carbons (Fsp3) is 0.628. The highest BCUT2D eigenvalue weighted by Crippen LogP contribution is 2.47. The molecule has 12 atom stereocenters. The number of carbonyl (C=O) groups excluding carboxylic acids is 16. The van der Waals surface area contributed by atoms with Gasteiger partial charge in [-0.3, -0.25) is 81.4 Å². The number of nitrogens with two attached hydrogens (primary N) is 2. The first-order valence-electron chi connectivity index (χ1n) is 44.4. The average Bonchev–Trinajstić information content (AvgIpc) is 1.64. The predicted molar refractivity (Wildman–Crippen MR) is 463 cm³/mol. The van der Waals surface area contributed by atoms with E-state index in [0.717, 1.165) is 28.5 Å². The van der Waals surface area contributed by atoms with Crippen LogP contribution in [0.4, 0.5) is 5.69 Å². The molecule has 19 N–H and O–H groups in total. The van der Waals surface area contributed by atoms with Crippen molar-refractivity contribution < 1.29 is 121 Å². The molecule has 13 amide bonds. The van der Waals surface area contributed by atoms with E-state index in [4.69, 9.17) is 40.1 Å². The average molecular weight is 1830 g/mol. The highest BCUT2D eigenvalue weighted by molar-refractivity contribution is 6.18. The Morgan fingerprint density at radius 2 is 1.34 bits per heavy atom. The Morgan fingerprint density at radius 1 is 0.692 bits per heavy atom. The monoisotopic (exact) mass is 1820 g/mol. The number of aliphatic hydroxyl groups is 2. The molecule has 11 unspecified atom stereocenters. The number of nitrogens with zero attached hydrogens (tertiary/aromatic N) is 5. The van der Waals surface area contributed by atoms with Gasteiger partial charge in [0.25, 0.3) is 0 Å². The van der Waals surface area contributed by atoms with Crippen molar-refractivity contribution in [1.29, 1.82) is 0 Å². The number of primary amides is 1. The van der Waals surface area contributed by atoms with Crippen molar-refractivity contribution in [2.45, 2.75) is 262 Å². The SMILES string of the molecule is CCc1c2c(nc3ccc(OC(=O)CCCCn4cc(CCCC(=O)NCCCOCCOCCOCCCNC(=O)CCC(=O)NC5CNC(=O)CC(C(N)=O)NC(=O)C(CC(C)C)NC(=O)C(C)NC(=O)C(C(C)O)NC(=O)C(CCC(=O)O)NC(=O)C6CCCN6C(=O)C(C)NC(=O)C(CCCCN)NC5=O)nn4)cc13)C1=CC3=C(COC(=O)[C@]3(O)CC)C(=O)C1N2. The van der Waals surface area contributed by atoms with Crippen molar-refractivity contribution in [3.05, 3.63) is 58.6 Å². The van der Waals surface area contributed by atoms with E-state index in [1.165, 1.54) is 13.8 Å². The van der Waals surface area contributed by atoms with Crippen molar-refractivity contribution in [2.75, 3.05) is 84.3 Å². The third-order valence-corrected chi connectivity index (χ3v) is 22.5. The summed E-state index contributed by atoms with van der Waals surface area (Å²) in [5.74, 6) is -14.4. The van der Waals surface area contributed by atoms with Crippen LogP contribution in [0.15, 0.2) is 41.6 Å². The number of aliphatic carboxylic acids is 1. The molecule has 2 fully saturated rings. The maximum absolute atomic E-state index is 14.4. The second-order valence-corrected chi connectivity index (χ2v) is 33.1. The number of anilines is 1. The van der Waals surface area contributed by atoms with Gasteiger partial charge in [0.1, 0.15) is 72.8 Å². The Labute approximate surface area is 751 Å². The Balaban J connectivity index is 0.713. The summed E-state index contributed by atoms with van der Waals surface area (Å²) in [6.45, 7) is 12.7. The van der Waals surface area contributed by atoms with Crippen LogP contribution >= 0.6 is 0 Å². The van der Waals surface area contributed by atoms with Crippen molar-refractivity contribution in [1.82, 2.24) is 83.4 Å². The number of rotatable bonds is 41. The van der Waals surface area contributed by atoms with Crippen LogP contribution in [0, 0.1) is 5.92 Å². The molecular formula is C86H125N19O25. The molecule has 6 heterocycles. The number of hydrogen-bond donors (Lipinski definition) is 17. The molecule has 0 radical (unpaired) electrons. The van der Waals surface area contributed by atoms with E-state index in [9.17, 15) is 96.8 Å². The van der Waals surface area contributed by atoms with Crippen LogP contribution in [-0.4, -0.2) is 292 Å². The standard InChI is InChI=1S/C86H125N19O25/c1-8-53-54-41-52(23-24-58(54)95-73-55-42-57-56(75(114)74(55)100-72(53)73)46-129-85(124)86(57,125)9-2)130-70(113)22-11-13-32-104-45-51(102-103-104)18-14-21-65(107)89-30-16-34-126-36-38-128-39-37-127-35-17-31-90-66(108)26-27-67(109)94-63-44-91-68(110)43-61(76(88)115)98-80(119)62(40-47(3)4)99-77(116)48(5)92-83(122)71(50(7)106)101-79(118)60(25-28-69(111)112)97-82(121)64-20-15-33-105(64)84(123)49(6)93-78(117)59(96-81(63)120)19-10-12-29-87/h23-24,41-42,45,47-50,59-64,71,74,100,106,125H,8-22,25-40,43-44,46,87H2,1-7H3,(H2,88,115)(H,89,107)(H,90,108)(H,91,110)(H,92,122)(H,93,117)(H,94,109)(H,96,120)(H,97,121)(H,98,119)(H,99,116)(H,101,118)(H,111,112)/t48?,49?,50?,59?,60?,61?,62?,63?,64?,71?,74?,86-/m0/s1. The van der Waals surface area contributed by atoms with Gasteiger partial charge in [-0.2, -0.15) is 0 Å². The number of Topliss-reactive ketones (excluding diaryl/α,β-unsaturated/α-hetero) is 1. The molecule has 1 aromatic carbocycles. The molecule has 0 bridgehead atoms. The number of ketones is 1. The molecule has 4 aliphatic heterocycles. The number of pyridine rings is 1. The number of esters is 2. The number of benzene rings is 1. The highest BCUT2D eigenvalue weighted by atomic mass is 16.6. The lowest BCUT2D eigenvalue weighted by Gasteiger charge is -2.35. The van der Waals surface area contributed by atoms with Crippen LogP contribution in [0.3, 0.4) is 0 Å². The number of aliphatic hydroxyl groups excluding tert-OH is 1. The van der Waals surface area contributed by atoms with E-state index >= 15 is 0 Å². The largest absolute Gasteiger partial charge is 0.481 e. The van der Waals surface area contributed by atoms with Crippen molar-refractivity contribution in [3.63, 3.8) is 0 Å². The lowest BCUT2D eigenvalue weighted by atomic mass is 9.77. The molecule has 1 aliphatic carbocycles. The minimum atomic E-state index is -1.94. The van der Waals surface area contributed by atoms with Crippen LogP contribution in [0.2, 0.25) is 0 Å². The van der Waals surface area contributed by atoms with Crippen LogP contribution in [0.1, 0.15) is 187 Å². The van der Waals surface area contributed by atoms with Crippen LogP contribution in [0.25, 0.3) is 16.5 Å². The van der Waals surface area contributed by atoms with Crippen LogP contribution in [0.5, 0.6) is 5.75 Å². The maximum Gasteiger partial charge on any atom is 0.343 e. The van der Waals surface area contributed by atoms with Gasteiger partial charge in [0.2, 0.25) is 76.8 Å². The second kappa shape index (κ2) is 50.8. The van der Waals surface area contributed by atoms with Crippen molar-refractivity contribution in [3.8, 4) is 5.75 Å². The number of hydrogen-bond acceptors (Lipinski definition) is 29. The van der Waals surface area contributed by atoms with Crippen molar-refractivity contribution in [2.24, 2.45) is 17.4 Å². The summed E-state index contributed by atoms with van der Waals surface area (Å²) in [5, 5.41) is 71.6. The van der Waals surface area contributed by atoms with Crippen LogP contribution < -0.4 is 80.0 Å². The molecule has 0 spiro atoms. The Bertz CT molecular complexity index is 4650.